The number of aromatic nitrogens is 1. The SMILES string of the molecule is O=C(/C=C/c1ccc(-c2ccc(Cl)cc2Cl)o1)Nc1nc2ccc([N+](=O)[O-])cc2s1. The van der Waals surface area contributed by atoms with Gasteiger partial charge in [0.25, 0.3) is 5.69 Å². The predicted octanol–water partition coefficient (Wildman–Crippen LogP) is 6.42. The second-order valence-electron chi connectivity index (χ2n) is 6.08. The lowest BCUT2D eigenvalue weighted by Crippen LogP contribution is -2.07. The number of nitro groups is 1. The molecule has 0 aliphatic heterocycles. The summed E-state index contributed by atoms with van der Waals surface area (Å²) in [6.07, 6.45) is 2.82. The molecule has 7 nitrogen and oxygen atoms in total. The van der Waals surface area contributed by atoms with Crippen LogP contribution < -0.4 is 5.32 Å². The van der Waals surface area contributed by atoms with E-state index in [-0.39, 0.29) is 5.69 Å². The van der Waals surface area contributed by atoms with E-state index >= 15 is 0 Å². The zero-order chi connectivity index (χ0) is 21.3. The number of thiazole rings is 1. The minimum atomic E-state index is -0.477. The van der Waals surface area contributed by atoms with Crippen molar-refractivity contribution in [3.05, 3.63) is 80.5 Å². The first-order valence-electron chi connectivity index (χ1n) is 8.48. The first-order chi connectivity index (χ1) is 14.4. The molecule has 10 heteroatoms. The highest BCUT2D eigenvalue weighted by Crippen LogP contribution is 2.32. The molecule has 0 spiro atoms. The van der Waals surface area contributed by atoms with Crippen molar-refractivity contribution in [2.75, 3.05) is 5.32 Å². The summed E-state index contributed by atoms with van der Waals surface area (Å²) >= 11 is 13.2. The van der Waals surface area contributed by atoms with Gasteiger partial charge in [-0.1, -0.05) is 34.5 Å². The van der Waals surface area contributed by atoms with Crippen molar-refractivity contribution in [3.63, 3.8) is 0 Å². The molecule has 0 atom stereocenters. The molecular weight excluding hydrogens is 449 g/mol. The quantitative estimate of drug-likeness (QED) is 0.210. The van der Waals surface area contributed by atoms with Gasteiger partial charge < -0.3 is 4.42 Å². The van der Waals surface area contributed by atoms with Crippen LogP contribution in [0.3, 0.4) is 0 Å². The number of hydrogen-bond acceptors (Lipinski definition) is 6. The third-order valence-corrected chi connectivity index (χ3v) is 5.52. The molecule has 0 saturated heterocycles. The number of furan rings is 1. The van der Waals surface area contributed by atoms with Crippen LogP contribution in [0.1, 0.15) is 5.76 Å². The van der Waals surface area contributed by atoms with Gasteiger partial charge in [-0.15, -0.1) is 0 Å². The number of fused-ring (bicyclic) bond motifs is 1. The topological polar surface area (TPSA) is 98.3 Å². The van der Waals surface area contributed by atoms with Crippen molar-refractivity contribution in [1.82, 2.24) is 4.98 Å². The zero-order valence-electron chi connectivity index (χ0n) is 15.0. The average molecular weight is 460 g/mol. The highest BCUT2D eigenvalue weighted by atomic mass is 35.5. The minimum absolute atomic E-state index is 0.0293. The fourth-order valence-electron chi connectivity index (χ4n) is 2.66. The molecule has 0 saturated carbocycles. The summed E-state index contributed by atoms with van der Waals surface area (Å²) in [5.41, 5.74) is 1.23. The molecule has 1 amide bonds. The van der Waals surface area contributed by atoms with Gasteiger partial charge in [-0.25, -0.2) is 4.98 Å². The van der Waals surface area contributed by atoms with E-state index in [0.717, 1.165) is 11.3 Å². The lowest BCUT2D eigenvalue weighted by atomic mass is 10.2. The number of non-ortho nitro benzene ring substituents is 1. The van der Waals surface area contributed by atoms with E-state index in [1.165, 1.54) is 24.3 Å². The monoisotopic (exact) mass is 459 g/mol. The maximum atomic E-state index is 12.2. The van der Waals surface area contributed by atoms with E-state index in [2.05, 4.69) is 10.3 Å². The second-order valence-corrected chi connectivity index (χ2v) is 7.95. The first kappa shape index (κ1) is 20.1. The van der Waals surface area contributed by atoms with Gasteiger partial charge in [0.05, 0.1) is 20.2 Å². The highest BCUT2D eigenvalue weighted by Gasteiger charge is 2.12. The van der Waals surface area contributed by atoms with E-state index < -0.39 is 10.8 Å². The van der Waals surface area contributed by atoms with E-state index in [9.17, 15) is 14.9 Å². The Hall–Kier alpha value is -3.20. The summed E-state index contributed by atoms with van der Waals surface area (Å²) in [5, 5.41) is 14.8. The van der Waals surface area contributed by atoms with E-state index in [1.807, 2.05) is 0 Å². The summed E-state index contributed by atoms with van der Waals surface area (Å²) in [4.78, 5) is 26.8. The highest BCUT2D eigenvalue weighted by molar-refractivity contribution is 7.22. The van der Waals surface area contributed by atoms with Gasteiger partial charge in [-0.2, -0.15) is 0 Å². The normalized spacial score (nSPS) is 11.3. The van der Waals surface area contributed by atoms with Gasteiger partial charge in [0.2, 0.25) is 5.91 Å². The second kappa shape index (κ2) is 8.27. The maximum absolute atomic E-state index is 12.2. The van der Waals surface area contributed by atoms with Crippen molar-refractivity contribution in [3.8, 4) is 11.3 Å². The molecule has 0 fully saturated rings. The Labute approximate surface area is 183 Å². The zero-order valence-corrected chi connectivity index (χ0v) is 17.3. The smallest absolute Gasteiger partial charge is 0.270 e. The fourth-order valence-corrected chi connectivity index (χ4v) is 4.07. The van der Waals surface area contributed by atoms with Crippen LogP contribution in [-0.4, -0.2) is 15.8 Å². The standard InChI is InChI=1S/C20H11Cl2N3O4S/c21-11-1-5-14(15(22)9-11)17-7-3-13(29-17)4-8-19(26)24-20-23-16-6-2-12(25(27)28)10-18(16)30-20/h1-10H,(H,23,24,26)/b8-4+. The number of nitrogens with zero attached hydrogens (tertiary/aromatic N) is 2. The molecule has 0 aliphatic rings. The van der Waals surface area contributed by atoms with Crippen LogP contribution in [0.15, 0.2) is 59.0 Å². The molecule has 0 radical (unpaired) electrons. The number of hydrogen-bond donors (Lipinski definition) is 1. The van der Waals surface area contributed by atoms with Crippen LogP contribution in [0.25, 0.3) is 27.6 Å². The predicted molar refractivity (Wildman–Crippen MR) is 118 cm³/mol. The fraction of sp³-hybridized carbons (Fsp3) is 0. The van der Waals surface area contributed by atoms with Gasteiger partial charge in [0.1, 0.15) is 11.5 Å². The molecule has 4 aromatic rings. The molecule has 4 rings (SSSR count). The molecule has 2 aromatic heterocycles. The van der Waals surface area contributed by atoms with Crippen molar-refractivity contribution in [2.24, 2.45) is 0 Å². The van der Waals surface area contributed by atoms with Crippen LogP contribution in [0, 0.1) is 10.1 Å². The summed E-state index contributed by atoms with van der Waals surface area (Å²) in [7, 11) is 0. The Kier molecular flexibility index (Phi) is 5.54. The van der Waals surface area contributed by atoms with Crippen LogP contribution in [0.4, 0.5) is 10.8 Å². The van der Waals surface area contributed by atoms with Crippen LogP contribution >= 0.6 is 34.5 Å². The molecule has 2 aromatic carbocycles. The lowest BCUT2D eigenvalue weighted by molar-refractivity contribution is -0.384. The Morgan fingerprint density at radius 1 is 1.17 bits per heavy atom. The largest absolute Gasteiger partial charge is 0.457 e. The molecule has 2 heterocycles. The molecule has 0 bridgehead atoms. The van der Waals surface area contributed by atoms with E-state index in [1.54, 1.807) is 36.4 Å². The van der Waals surface area contributed by atoms with Crippen molar-refractivity contribution < 1.29 is 14.1 Å². The summed E-state index contributed by atoms with van der Waals surface area (Å²) in [6.45, 7) is 0. The Balaban J connectivity index is 1.46. The number of nitro benzene ring substituents is 1. The minimum Gasteiger partial charge on any atom is -0.457 e. The van der Waals surface area contributed by atoms with Gasteiger partial charge >= 0.3 is 0 Å². The number of carbonyl (C=O) groups is 1. The Morgan fingerprint density at radius 3 is 2.77 bits per heavy atom. The molecule has 0 aliphatic carbocycles. The Morgan fingerprint density at radius 2 is 2.00 bits per heavy atom. The molecule has 30 heavy (non-hydrogen) atoms. The van der Waals surface area contributed by atoms with Gasteiger partial charge in [-0.05, 0) is 42.5 Å². The van der Waals surface area contributed by atoms with E-state index in [4.69, 9.17) is 27.6 Å². The number of anilines is 1. The number of halogens is 2. The van der Waals surface area contributed by atoms with Gasteiger partial charge in [-0.3, -0.25) is 20.2 Å². The molecule has 0 unspecified atom stereocenters. The van der Waals surface area contributed by atoms with Crippen LogP contribution in [0.5, 0.6) is 0 Å². The number of rotatable bonds is 5. The number of nitrogens with one attached hydrogen (secondary N) is 1. The average Bonchev–Trinajstić information content (AvgIpc) is 3.32. The molecule has 150 valence electrons. The first-order valence-corrected chi connectivity index (χ1v) is 10.1. The number of benzene rings is 2. The summed E-state index contributed by atoms with van der Waals surface area (Å²) in [5.74, 6) is 0.599. The van der Waals surface area contributed by atoms with Crippen molar-refractivity contribution in [2.45, 2.75) is 0 Å². The van der Waals surface area contributed by atoms with Crippen LogP contribution in [0.2, 0.25) is 10.0 Å². The third kappa shape index (κ3) is 4.35. The number of carbonyl (C=O) groups excluding carboxylic acids is 1. The Bertz CT molecular complexity index is 1310. The summed E-state index contributed by atoms with van der Waals surface area (Å²) < 4.78 is 6.31. The van der Waals surface area contributed by atoms with Crippen LogP contribution in [-0.2, 0) is 4.79 Å². The lowest BCUT2D eigenvalue weighted by Gasteiger charge is -2.00. The van der Waals surface area contributed by atoms with Crippen molar-refractivity contribution in [1.29, 1.82) is 0 Å². The van der Waals surface area contributed by atoms with Crippen molar-refractivity contribution >= 4 is 67.6 Å². The van der Waals surface area contributed by atoms with Gasteiger partial charge in [0.15, 0.2) is 5.13 Å². The summed E-state index contributed by atoms with van der Waals surface area (Å²) in [6, 6.07) is 12.9. The maximum Gasteiger partial charge on any atom is 0.270 e. The molecule has 1 N–H and O–H groups in total. The number of amides is 1. The molecular formula is C20H11Cl2N3O4S. The van der Waals surface area contributed by atoms with E-state index in [0.29, 0.717) is 42.5 Å². The third-order valence-electron chi connectivity index (χ3n) is 4.04. The van der Waals surface area contributed by atoms with Gasteiger partial charge in [0, 0.05) is 28.8 Å².